The maximum Gasteiger partial charge on any atom is 0.138 e. The van der Waals surface area contributed by atoms with Crippen LogP contribution < -0.4 is 0 Å². The van der Waals surface area contributed by atoms with E-state index in [9.17, 15) is 5.26 Å². The van der Waals surface area contributed by atoms with E-state index >= 15 is 0 Å². The lowest BCUT2D eigenvalue weighted by Gasteiger charge is -2.19. The zero-order valence-corrected chi connectivity index (χ0v) is 26.1. The van der Waals surface area contributed by atoms with E-state index in [4.69, 9.17) is 4.98 Å². The Morgan fingerprint density at radius 3 is 2.23 bits per heavy atom. The van der Waals surface area contributed by atoms with Crippen molar-refractivity contribution < 1.29 is 0 Å². The Labute approximate surface area is 274 Å². The predicted octanol–water partition coefficient (Wildman–Crippen LogP) is 11.2. The zero-order valence-electron chi connectivity index (χ0n) is 25.3. The van der Waals surface area contributed by atoms with Crippen LogP contribution in [0.3, 0.4) is 0 Å². The van der Waals surface area contributed by atoms with Gasteiger partial charge in [-0.25, -0.2) is 4.98 Å². The van der Waals surface area contributed by atoms with E-state index in [1.807, 2.05) is 12.1 Å². The summed E-state index contributed by atoms with van der Waals surface area (Å²) in [5, 5.41) is 15.7. The van der Waals surface area contributed by atoms with Crippen LogP contribution in [0.5, 0.6) is 0 Å². The van der Waals surface area contributed by atoms with Gasteiger partial charge in [0, 0.05) is 27.1 Å². The second-order valence-electron chi connectivity index (χ2n) is 12.3. The molecule has 4 aromatic heterocycles. The molecule has 5 aromatic carbocycles. The van der Waals surface area contributed by atoms with Crippen molar-refractivity contribution >= 4 is 70.0 Å². The largest absolute Gasteiger partial charge is 0.333 e. The molecule has 4 nitrogen and oxygen atoms in total. The van der Waals surface area contributed by atoms with Gasteiger partial charge in [0.25, 0.3) is 0 Å². The number of rotatable bonds is 3. The molecule has 0 aliphatic heterocycles. The summed E-state index contributed by atoms with van der Waals surface area (Å²) in [6.45, 7) is 0. The number of aromatic nitrogens is 3. The average molecular weight is 619 g/mol. The Morgan fingerprint density at radius 1 is 0.702 bits per heavy atom. The maximum atomic E-state index is 9.64. The Kier molecular flexibility index (Phi) is 5.60. The summed E-state index contributed by atoms with van der Waals surface area (Å²) in [5.41, 5.74) is 9.76. The lowest BCUT2D eigenvalue weighted by Crippen LogP contribution is -2.06. The van der Waals surface area contributed by atoms with Crippen molar-refractivity contribution in [3.8, 4) is 28.3 Å². The van der Waals surface area contributed by atoms with Gasteiger partial charge in [0.2, 0.25) is 0 Å². The van der Waals surface area contributed by atoms with E-state index in [1.165, 1.54) is 64.2 Å². The van der Waals surface area contributed by atoms with Crippen LogP contribution in [-0.4, -0.2) is 14.0 Å². The molecule has 10 rings (SSSR count). The number of nitriles is 1. The summed E-state index contributed by atoms with van der Waals surface area (Å²) >= 11 is 1.80. The highest BCUT2D eigenvalue weighted by Crippen LogP contribution is 2.39. The van der Waals surface area contributed by atoms with Crippen LogP contribution >= 0.6 is 11.3 Å². The molecule has 0 amide bonds. The van der Waals surface area contributed by atoms with Crippen molar-refractivity contribution in [2.24, 2.45) is 0 Å². The lowest BCUT2D eigenvalue weighted by molar-refractivity contribution is 0.648. The van der Waals surface area contributed by atoms with Gasteiger partial charge in [-0.2, -0.15) is 5.26 Å². The number of thiophene rings is 1. The monoisotopic (exact) mass is 618 g/mol. The summed E-state index contributed by atoms with van der Waals surface area (Å²) in [5.74, 6) is 0. The first-order valence-corrected chi connectivity index (χ1v) is 16.7. The van der Waals surface area contributed by atoms with Crippen molar-refractivity contribution in [1.29, 1.82) is 5.26 Å². The fourth-order valence-electron chi connectivity index (χ4n) is 7.34. The van der Waals surface area contributed by atoms with Gasteiger partial charge in [-0.3, -0.25) is 4.40 Å². The van der Waals surface area contributed by atoms with Crippen LogP contribution in [-0.2, 0) is 0 Å². The van der Waals surface area contributed by atoms with Crippen LogP contribution in [0.15, 0.2) is 140 Å². The number of nitrogens with zero attached hydrogens (tertiary/aromatic N) is 4. The Morgan fingerprint density at radius 2 is 1.43 bits per heavy atom. The van der Waals surface area contributed by atoms with Crippen LogP contribution in [0, 0.1) is 11.3 Å². The van der Waals surface area contributed by atoms with E-state index in [2.05, 4.69) is 143 Å². The van der Waals surface area contributed by atoms with Gasteiger partial charge in [-0.05, 0) is 88.0 Å². The average Bonchev–Trinajstić information content (AvgIpc) is 3.78. The third-order valence-electron chi connectivity index (χ3n) is 9.65. The molecule has 0 bridgehead atoms. The highest BCUT2D eigenvalue weighted by molar-refractivity contribution is 7.25. The third kappa shape index (κ3) is 4.02. The van der Waals surface area contributed by atoms with Crippen molar-refractivity contribution in [1.82, 2.24) is 14.0 Å². The molecule has 4 heterocycles. The normalized spacial score (nSPS) is 14.7. The van der Waals surface area contributed by atoms with Gasteiger partial charge in [0.05, 0.1) is 28.7 Å². The summed E-state index contributed by atoms with van der Waals surface area (Å²) in [6.07, 6.45) is 11.9. The molecule has 220 valence electrons. The van der Waals surface area contributed by atoms with E-state index in [0.29, 0.717) is 5.56 Å². The quantitative estimate of drug-likeness (QED) is 0.198. The molecule has 1 atom stereocenters. The minimum Gasteiger partial charge on any atom is -0.333 e. The van der Waals surface area contributed by atoms with Crippen LogP contribution in [0.25, 0.3) is 80.9 Å². The van der Waals surface area contributed by atoms with E-state index in [1.54, 1.807) is 11.3 Å². The van der Waals surface area contributed by atoms with E-state index < -0.39 is 0 Å². The Bertz CT molecular complexity index is 2850. The second kappa shape index (κ2) is 10.0. The standard InChI is InChI=1S/C42H26N4S/c43-24-26-10-17-34-35-18-15-31(23-38(35)46(37(34)20-26)33-6-2-1-3-7-33)29-12-11-28-22-30(14-13-27(28)21-29)32-16-19-40-44-41-36-8-4-5-9-39(36)47-42(41)45(40)25-32/h1-6,8-23,25,33H,7H2. The number of fused-ring (bicyclic) bond motifs is 9. The van der Waals surface area contributed by atoms with Crippen molar-refractivity contribution in [3.05, 3.63) is 145 Å². The molecule has 0 spiro atoms. The zero-order chi connectivity index (χ0) is 31.1. The third-order valence-corrected chi connectivity index (χ3v) is 10.8. The van der Waals surface area contributed by atoms with Crippen LogP contribution in [0.1, 0.15) is 18.0 Å². The second-order valence-corrected chi connectivity index (χ2v) is 13.4. The van der Waals surface area contributed by atoms with Crippen LogP contribution in [0.4, 0.5) is 0 Å². The summed E-state index contributed by atoms with van der Waals surface area (Å²) < 4.78 is 5.91. The van der Waals surface area contributed by atoms with Gasteiger partial charge in [-0.15, -0.1) is 11.3 Å². The summed E-state index contributed by atoms with van der Waals surface area (Å²) in [6, 6.07) is 41.7. The molecule has 5 heteroatoms. The van der Waals surface area contributed by atoms with E-state index in [-0.39, 0.29) is 6.04 Å². The molecule has 1 unspecified atom stereocenters. The first-order chi connectivity index (χ1) is 23.2. The Hall–Kier alpha value is -5.96. The Balaban J connectivity index is 1.06. The number of hydrogen-bond acceptors (Lipinski definition) is 3. The van der Waals surface area contributed by atoms with Gasteiger partial charge in [0.15, 0.2) is 0 Å². The fourth-order valence-corrected chi connectivity index (χ4v) is 8.47. The predicted molar refractivity (Wildman–Crippen MR) is 196 cm³/mol. The molecule has 1 aliphatic carbocycles. The smallest absolute Gasteiger partial charge is 0.138 e. The SMILES string of the molecule is N#Cc1ccc2c3ccc(-c4ccc5cc(-c6ccc7nc8c9ccccc9sc8n7c6)ccc5c4)cc3n(C3C=CC=CC3)c2c1. The highest BCUT2D eigenvalue weighted by Gasteiger charge is 2.18. The fraction of sp³-hybridized carbons (Fsp3) is 0.0476. The molecule has 0 N–H and O–H groups in total. The maximum absolute atomic E-state index is 9.64. The summed E-state index contributed by atoms with van der Waals surface area (Å²) in [4.78, 5) is 6.14. The number of benzene rings is 5. The minimum atomic E-state index is 0.204. The molecular weight excluding hydrogens is 593 g/mol. The first kappa shape index (κ1) is 26.3. The van der Waals surface area contributed by atoms with Crippen molar-refractivity contribution in [3.63, 3.8) is 0 Å². The molecule has 1 aliphatic rings. The minimum absolute atomic E-state index is 0.204. The highest BCUT2D eigenvalue weighted by atomic mass is 32.1. The van der Waals surface area contributed by atoms with Gasteiger partial charge >= 0.3 is 0 Å². The van der Waals surface area contributed by atoms with Crippen LogP contribution in [0.2, 0.25) is 0 Å². The first-order valence-electron chi connectivity index (χ1n) is 15.9. The van der Waals surface area contributed by atoms with Crippen molar-refractivity contribution in [2.75, 3.05) is 0 Å². The molecule has 47 heavy (non-hydrogen) atoms. The molecular formula is C42H26N4S. The molecule has 9 aromatic rings. The molecule has 0 radical (unpaired) electrons. The lowest BCUT2D eigenvalue weighted by atomic mass is 9.97. The van der Waals surface area contributed by atoms with Gasteiger partial charge < -0.3 is 4.57 Å². The number of imidazole rings is 1. The number of allylic oxidation sites excluding steroid dienone is 4. The van der Waals surface area contributed by atoms with Gasteiger partial charge in [-0.1, -0.05) is 85.0 Å². The number of hydrogen-bond donors (Lipinski definition) is 0. The topological polar surface area (TPSA) is 46.0 Å². The molecule has 0 saturated carbocycles. The van der Waals surface area contributed by atoms with Gasteiger partial charge in [0.1, 0.15) is 16.0 Å². The number of pyridine rings is 1. The van der Waals surface area contributed by atoms with E-state index in [0.717, 1.165) is 23.1 Å². The summed E-state index contributed by atoms with van der Waals surface area (Å²) in [7, 11) is 0. The molecule has 0 saturated heterocycles. The molecule has 0 fully saturated rings. The van der Waals surface area contributed by atoms with Crippen molar-refractivity contribution in [2.45, 2.75) is 12.5 Å².